The Balaban J connectivity index is 1.99. The van der Waals surface area contributed by atoms with Gasteiger partial charge in [0, 0.05) is 18.0 Å². The number of nitrogens with zero attached hydrogens (tertiary/aromatic N) is 3. The summed E-state index contributed by atoms with van der Waals surface area (Å²) in [5.41, 5.74) is 2.86. The summed E-state index contributed by atoms with van der Waals surface area (Å²) >= 11 is 0. The predicted molar refractivity (Wildman–Crippen MR) is 109 cm³/mol. The molecular formula is C21H24FN5O. The van der Waals surface area contributed by atoms with Crippen molar-refractivity contribution in [3.8, 4) is 11.4 Å². The zero-order chi connectivity index (χ0) is 20.1. The number of rotatable bonds is 7. The summed E-state index contributed by atoms with van der Waals surface area (Å²) in [6, 6.07) is 11.7. The number of nitrogens with one attached hydrogen (secondary N) is 2. The number of hydrogen-bond acceptors (Lipinski definition) is 6. The molecule has 2 aromatic heterocycles. The number of aryl methyl sites for hydroxylation is 1. The molecule has 1 aromatic carbocycles. The molecule has 28 heavy (non-hydrogen) atoms. The SMILES string of the molecule is Cc1cc(F)ccc1Nc1cc(-c2ccccn2)nc(N[C@H](CO)C(C)C)n1. The molecule has 0 spiro atoms. The third-order valence-corrected chi connectivity index (χ3v) is 4.42. The highest BCUT2D eigenvalue weighted by Gasteiger charge is 2.15. The van der Waals surface area contributed by atoms with Crippen molar-refractivity contribution in [1.29, 1.82) is 0 Å². The molecule has 0 radical (unpaired) electrons. The molecule has 0 aliphatic heterocycles. The molecule has 0 saturated heterocycles. The summed E-state index contributed by atoms with van der Waals surface area (Å²) in [5, 5.41) is 16.0. The van der Waals surface area contributed by atoms with Gasteiger partial charge in [-0.2, -0.15) is 4.98 Å². The van der Waals surface area contributed by atoms with Crippen molar-refractivity contribution < 1.29 is 9.50 Å². The van der Waals surface area contributed by atoms with Gasteiger partial charge in [0.1, 0.15) is 11.6 Å². The lowest BCUT2D eigenvalue weighted by atomic mass is 10.1. The van der Waals surface area contributed by atoms with Crippen LogP contribution in [0.15, 0.2) is 48.7 Å². The molecule has 0 unspecified atom stereocenters. The van der Waals surface area contributed by atoms with Gasteiger partial charge in [-0.3, -0.25) is 4.98 Å². The van der Waals surface area contributed by atoms with Gasteiger partial charge >= 0.3 is 0 Å². The second kappa shape index (κ2) is 8.75. The van der Waals surface area contributed by atoms with Crippen LogP contribution in [0.5, 0.6) is 0 Å². The molecule has 3 rings (SSSR count). The summed E-state index contributed by atoms with van der Waals surface area (Å²) in [6.07, 6.45) is 1.70. The van der Waals surface area contributed by atoms with E-state index in [-0.39, 0.29) is 24.4 Å². The number of hydrogen-bond donors (Lipinski definition) is 3. The summed E-state index contributed by atoms with van der Waals surface area (Å²) in [7, 11) is 0. The van der Waals surface area contributed by atoms with E-state index < -0.39 is 0 Å². The fraction of sp³-hybridized carbons (Fsp3) is 0.286. The van der Waals surface area contributed by atoms with E-state index in [4.69, 9.17) is 0 Å². The Bertz CT molecular complexity index is 933. The molecule has 3 aromatic rings. The minimum absolute atomic E-state index is 0.0331. The van der Waals surface area contributed by atoms with Crippen LogP contribution in [0.4, 0.5) is 21.8 Å². The Hall–Kier alpha value is -3.06. The minimum atomic E-state index is -0.287. The van der Waals surface area contributed by atoms with Crippen molar-refractivity contribution in [1.82, 2.24) is 15.0 Å². The molecule has 2 heterocycles. The summed E-state index contributed by atoms with van der Waals surface area (Å²) in [6.45, 7) is 5.82. The van der Waals surface area contributed by atoms with Gasteiger partial charge in [0.25, 0.3) is 0 Å². The quantitative estimate of drug-likeness (QED) is 0.570. The minimum Gasteiger partial charge on any atom is -0.394 e. The average Bonchev–Trinajstić information content (AvgIpc) is 2.68. The maximum Gasteiger partial charge on any atom is 0.225 e. The van der Waals surface area contributed by atoms with Crippen molar-refractivity contribution in [2.45, 2.75) is 26.8 Å². The maximum absolute atomic E-state index is 13.4. The first-order valence-corrected chi connectivity index (χ1v) is 9.17. The van der Waals surface area contributed by atoms with Gasteiger partial charge in [-0.15, -0.1) is 0 Å². The van der Waals surface area contributed by atoms with Gasteiger partial charge < -0.3 is 15.7 Å². The van der Waals surface area contributed by atoms with Gasteiger partial charge in [-0.05, 0) is 48.7 Å². The molecule has 0 aliphatic rings. The molecule has 1 atom stereocenters. The molecule has 6 nitrogen and oxygen atoms in total. The Labute approximate surface area is 163 Å². The Kier molecular flexibility index (Phi) is 6.16. The van der Waals surface area contributed by atoms with Crippen LogP contribution in [0.2, 0.25) is 0 Å². The largest absolute Gasteiger partial charge is 0.394 e. The molecule has 0 saturated carbocycles. The molecular weight excluding hydrogens is 357 g/mol. The summed E-state index contributed by atoms with van der Waals surface area (Å²) in [4.78, 5) is 13.4. The van der Waals surface area contributed by atoms with Crippen LogP contribution in [0.25, 0.3) is 11.4 Å². The number of benzene rings is 1. The highest BCUT2D eigenvalue weighted by Crippen LogP contribution is 2.25. The van der Waals surface area contributed by atoms with Gasteiger partial charge in [-0.1, -0.05) is 19.9 Å². The summed E-state index contributed by atoms with van der Waals surface area (Å²) in [5.74, 6) is 0.847. The van der Waals surface area contributed by atoms with Crippen LogP contribution in [0.1, 0.15) is 19.4 Å². The van der Waals surface area contributed by atoms with Crippen LogP contribution in [-0.4, -0.2) is 32.7 Å². The molecule has 0 bridgehead atoms. The fourth-order valence-electron chi connectivity index (χ4n) is 2.72. The molecule has 0 aliphatic carbocycles. The number of aromatic nitrogens is 3. The second-order valence-corrected chi connectivity index (χ2v) is 6.94. The van der Waals surface area contributed by atoms with Crippen LogP contribution in [0, 0.1) is 18.7 Å². The normalized spacial score (nSPS) is 12.1. The zero-order valence-electron chi connectivity index (χ0n) is 16.1. The van der Waals surface area contributed by atoms with Gasteiger partial charge in [0.05, 0.1) is 24.0 Å². The first-order chi connectivity index (χ1) is 13.5. The van der Waals surface area contributed by atoms with Crippen molar-refractivity contribution >= 4 is 17.5 Å². The monoisotopic (exact) mass is 381 g/mol. The topological polar surface area (TPSA) is 83.0 Å². The molecule has 146 valence electrons. The first kappa shape index (κ1) is 19.7. The lowest BCUT2D eigenvalue weighted by molar-refractivity contribution is 0.248. The van der Waals surface area contributed by atoms with Gasteiger partial charge in [-0.25, -0.2) is 9.37 Å². The Morgan fingerprint density at radius 3 is 2.54 bits per heavy atom. The lowest BCUT2D eigenvalue weighted by Gasteiger charge is -2.20. The van der Waals surface area contributed by atoms with E-state index in [1.165, 1.54) is 12.1 Å². The van der Waals surface area contributed by atoms with E-state index in [1.54, 1.807) is 18.3 Å². The van der Waals surface area contributed by atoms with E-state index in [0.29, 0.717) is 23.2 Å². The number of aliphatic hydroxyl groups excluding tert-OH is 1. The Morgan fingerprint density at radius 1 is 1.07 bits per heavy atom. The number of halogens is 1. The fourth-order valence-corrected chi connectivity index (χ4v) is 2.72. The van der Waals surface area contributed by atoms with E-state index in [9.17, 15) is 9.50 Å². The third kappa shape index (κ3) is 4.80. The molecule has 0 fully saturated rings. The summed E-state index contributed by atoms with van der Waals surface area (Å²) < 4.78 is 13.4. The van der Waals surface area contributed by atoms with Crippen molar-refractivity contribution in [3.63, 3.8) is 0 Å². The molecule has 0 amide bonds. The van der Waals surface area contributed by atoms with Crippen molar-refractivity contribution in [2.75, 3.05) is 17.2 Å². The zero-order valence-corrected chi connectivity index (χ0v) is 16.1. The van der Waals surface area contributed by atoms with E-state index >= 15 is 0 Å². The number of aliphatic hydroxyl groups is 1. The van der Waals surface area contributed by atoms with E-state index in [2.05, 4.69) is 25.6 Å². The smallest absolute Gasteiger partial charge is 0.225 e. The van der Waals surface area contributed by atoms with Crippen LogP contribution in [-0.2, 0) is 0 Å². The van der Waals surface area contributed by atoms with Gasteiger partial charge in [0.15, 0.2) is 0 Å². The van der Waals surface area contributed by atoms with Crippen molar-refractivity contribution in [3.05, 3.63) is 60.0 Å². The highest BCUT2D eigenvalue weighted by molar-refractivity contribution is 5.66. The van der Waals surface area contributed by atoms with Crippen molar-refractivity contribution in [2.24, 2.45) is 5.92 Å². The standard InChI is InChI=1S/C21H24FN5O/c1-13(2)19(12-28)26-21-25-18(17-6-4-5-9-23-17)11-20(27-21)24-16-8-7-15(22)10-14(16)3/h4-11,13,19,28H,12H2,1-3H3,(H2,24,25,26,27)/t19-/m1/s1. The maximum atomic E-state index is 13.4. The number of anilines is 3. The lowest BCUT2D eigenvalue weighted by Crippen LogP contribution is -2.30. The van der Waals surface area contributed by atoms with Crippen LogP contribution in [0.3, 0.4) is 0 Å². The van der Waals surface area contributed by atoms with E-state index in [0.717, 1.165) is 11.3 Å². The molecule has 7 heteroatoms. The van der Waals surface area contributed by atoms with Crippen LogP contribution >= 0.6 is 0 Å². The number of pyridine rings is 1. The second-order valence-electron chi connectivity index (χ2n) is 6.94. The first-order valence-electron chi connectivity index (χ1n) is 9.17. The third-order valence-electron chi connectivity index (χ3n) is 4.42. The highest BCUT2D eigenvalue weighted by atomic mass is 19.1. The van der Waals surface area contributed by atoms with Crippen LogP contribution < -0.4 is 10.6 Å². The molecule has 3 N–H and O–H groups in total. The average molecular weight is 381 g/mol. The predicted octanol–water partition coefficient (Wildman–Crippen LogP) is 4.16. The van der Waals surface area contributed by atoms with E-state index in [1.807, 2.05) is 39.0 Å². The Morgan fingerprint density at radius 2 is 1.89 bits per heavy atom. The van der Waals surface area contributed by atoms with Gasteiger partial charge in [0.2, 0.25) is 5.95 Å².